The summed E-state index contributed by atoms with van der Waals surface area (Å²) in [6.07, 6.45) is 1.71. The van der Waals surface area contributed by atoms with Crippen molar-refractivity contribution >= 4 is 5.91 Å². The summed E-state index contributed by atoms with van der Waals surface area (Å²) in [5.74, 6) is 0.650. The highest BCUT2D eigenvalue weighted by Crippen LogP contribution is 2.35. The Labute approximate surface area is 160 Å². The number of benzene rings is 2. The van der Waals surface area contributed by atoms with Crippen molar-refractivity contribution in [3.8, 4) is 5.75 Å². The fourth-order valence-corrected chi connectivity index (χ4v) is 3.62. The number of carbonyl (C=O) groups excluding carboxylic acids is 1. The van der Waals surface area contributed by atoms with E-state index in [9.17, 15) is 4.79 Å². The Morgan fingerprint density at radius 1 is 1.15 bits per heavy atom. The second-order valence-electron chi connectivity index (χ2n) is 7.37. The molecule has 0 bridgehead atoms. The van der Waals surface area contributed by atoms with Crippen LogP contribution in [-0.2, 0) is 20.5 Å². The molecule has 0 aromatic heterocycles. The molecule has 2 aromatic carbocycles. The number of nitrogens with one attached hydrogen (secondary N) is 1. The number of hydrogen-bond donors (Lipinski definition) is 2. The van der Waals surface area contributed by atoms with E-state index in [0.29, 0.717) is 19.8 Å². The molecule has 1 unspecified atom stereocenters. The van der Waals surface area contributed by atoms with Gasteiger partial charge in [0.15, 0.2) is 0 Å². The molecular formula is C22H28N2O3. The molecule has 3 rings (SSSR count). The van der Waals surface area contributed by atoms with E-state index < -0.39 is 5.54 Å². The fourth-order valence-electron chi connectivity index (χ4n) is 3.62. The smallest absolute Gasteiger partial charge is 0.244 e. The lowest BCUT2D eigenvalue weighted by atomic mass is 9.74. The molecule has 5 heteroatoms. The van der Waals surface area contributed by atoms with Crippen molar-refractivity contribution in [3.63, 3.8) is 0 Å². The standard InChI is InChI=1S/C22H28N2O3/c1-21(23,17-6-4-3-5-7-17)20(25)24-16-22(12-14-27-15-13-22)18-8-10-19(26-2)11-9-18/h3-11H,12-16,23H2,1-2H3,(H,24,25). The first-order valence-electron chi connectivity index (χ1n) is 9.33. The van der Waals surface area contributed by atoms with E-state index in [0.717, 1.165) is 24.2 Å². The lowest BCUT2D eigenvalue weighted by Gasteiger charge is -2.39. The van der Waals surface area contributed by atoms with E-state index in [-0.39, 0.29) is 11.3 Å². The Morgan fingerprint density at radius 2 is 1.78 bits per heavy atom. The van der Waals surface area contributed by atoms with Gasteiger partial charge in [-0.05, 0) is 43.0 Å². The molecule has 1 aliphatic rings. The average molecular weight is 368 g/mol. The third-order valence-electron chi connectivity index (χ3n) is 5.58. The summed E-state index contributed by atoms with van der Waals surface area (Å²) in [6, 6.07) is 17.6. The minimum absolute atomic E-state index is 0.160. The van der Waals surface area contributed by atoms with Crippen LogP contribution in [0.25, 0.3) is 0 Å². The molecular weight excluding hydrogens is 340 g/mol. The summed E-state index contributed by atoms with van der Waals surface area (Å²) >= 11 is 0. The van der Waals surface area contributed by atoms with Crippen LogP contribution < -0.4 is 15.8 Å². The Hall–Kier alpha value is -2.37. The molecule has 1 fully saturated rings. The van der Waals surface area contributed by atoms with Gasteiger partial charge in [-0.25, -0.2) is 0 Å². The van der Waals surface area contributed by atoms with Gasteiger partial charge in [0.05, 0.1) is 7.11 Å². The first kappa shape index (κ1) is 19.4. The Bertz CT molecular complexity index is 751. The molecule has 3 N–H and O–H groups in total. The zero-order chi connectivity index (χ0) is 19.3. The summed E-state index contributed by atoms with van der Waals surface area (Å²) in [4.78, 5) is 12.9. The Balaban J connectivity index is 1.78. The highest BCUT2D eigenvalue weighted by atomic mass is 16.5. The molecule has 27 heavy (non-hydrogen) atoms. The molecule has 1 aliphatic heterocycles. The fraction of sp³-hybridized carbons (Fsp3) is 0.409. The number of carbonyl (C=O) groups is 1. The van der Waals surface area contributed by atoms with Gasteiger partial charge in [0.25, 0.3) is 0 Å². The lowest BCUT2D eigenvalue weighted by molar-refractivity contribution is -0.126. The third kappa shape index (κ3) is 4.15. The molecule has 0 radical (unpaired) electrons. The maximum atomic E-state index is 12.9. The number of amides is 1. The monoisotopic (exact) mass is 368 g/mol. The highest BCUT2D eigenvalue weighted by Gasteiger charge is 2.37. The van der Waals surface area contributed by atoms with Crippen LogP contribution in [0.3, 0.4) is 0 Å². The number of methoxy groups -OCH3 is 1. The summed E-state index contributed by atoms with van der Waals surface area (Å²) in [6.45, 7) is 3.64. The van der Waals surface area contributed by atoms with Crippen molar-refractivity contribution < 1.29 is 14.3 Å². The molecule has 5 nitrogen and oxygen atoms in total. The zero-order valence-electron chi connectivity index (χ0n) is 16.0. The van der Waals surface area contributed by atoms with E-state index in [1.165, 1.54) is 5.56 Å². The van der Waals surface area contributed by atoms with Gasteiger partial charge in [0.2, 0.25) is 5.91 Å². The van der Waals surface area contributed by atoms with Gasteiger partial charge in [-0.15, -0.1) is 0 Å². The zero-order valence-corrected chi connectivity index (χ0v) is 16.0. The maximum absolute atomic E-state index is 12.9. The van der Waals surface area contributed by atoms with E-state index in [1.807, 2.05) is 42.5 Å². The predicted octanol–water partition coefficient (Wildman–Crippen LogP) is 2.73. The van der Waals surface area contributed by atoms with Crippen molar-refractivity contribution in [1.29, 1.82) is 0 Å². The van der Waals surface area contributed by atoms with E-state index in [1.54, 1.807) is 14.0 Å². The van der Waals surface area contributed by atoms with E-state index in [4.69, 9.17) is 15.2 Å². The summed E-state index contributed by atoms with van der Waals surface area (Å²) in [5.41, 5.74) is 7.11. The molecule has 1 heterocycles. The van der Waals surface area contributed by atoms with Gasteiger partial charge in [-0.2, -0.15) is 0 Å². The van der Waals surface area contributed by atoms with Crippen LogP contribution in [0.4, 0.5) is 0 Å². The van der Waals surface area contributed by atoms with Crippen molar-refractivity contribution in [2.75, 3.05) is 26.9 Å². The average Bonchev–Trinajstić information content (AvgIpc) is 2.73. The molecule has 1 saturated heterocycles. The van der Waals surface area contributed by atoms with Crippen LogP contribution in [0.2, 0.25) is 0 Å². The normalized spacial score (nSPS) is 18.3. The van der Waals surface area contributed by atoms with Crippen LogP contribution in [0, 0.1) is 0 Å². The van der Waals surface area contributed by atoms with Crippen molar-refractivity contribution in [1.82, 2.24) is 5.32 Å². The lowest BCUT2D eigenvalue weighted by Crippen LogP contribution is -2.53. The summed E-state index contributed by atoms with van der Waals surface area (Å²) in [7, 11) is 1.66. The van der Waals surface area contributed by atoms with Crippen LogP contribution in [-0.4, -0.2) is 32.8 Å². The van der Waals surface area contributed by atoms with Crippen molar-refractivity contribution in [2.24, 2.45) is 5.73 Å². The first-order valence-corrected chi connectivity index (χ1v) is 9.33. The SMILES string of the molecule is COc1ccc(C2(CNC(=O)C(C)(N)c3ccccc3)CCOCC2)cc1. The minimum Gasteiger partial charge on any atom is -0.497 e. The summed E-state index contributed by atoms with van der Waals surface area (Å²) in [5, 5.41) is 3.11. The van der Waals surface area contributed by atoms with Crippen LogP contribution in [0.15, 0.2) is 54.6 Å². The molecule has 2 aromatic rings. The third-order valence-corrected chi connectivity index (χ3v) is 5.58. The number of nitrogens with two attached hydrogens (primary N) is 1. The topological polar surface area (TPSA) is 73.6 Å². The van der Waals surface area contributed by atoms with Crippen LogP contribution >= 0.6 is 0 Å². The molecule has 0 aliphatic carbocycles. The molecule has 144 valence electrons. The number of hydrogen-bond acceptors (Lipinski definition) is 4. The Morgan fingerprint density at radius 3 is 2.37 bits per heavy atom. The van der Waals surface area contributed by atoms with Crippen LogP contribution in [0.1, 0.15) is 30.9 Å². The van der Waals surface area contributed by atoms with Crippen molar-refractivity contribution in [3.05, 3.63) is 65.7 Å². The molecule has 1 amide bonds. The Kier molecular flexibility index (Phi) is 5.82. The highest BCUT2D eigenvalue weighted by molar-refractivity contribution is 5.87. The quantitative estimate of drug-likeness (QED) is 0.822. The molecule has 1 atom stereocenters. The summed E-state index contributed by atoms with van der Waals surface area (Å²) < 4.78 is 10.8. The van der Waals surface area contributed by atoms with Gasteiger partial charge in [0, 0.05) is 25.2 Å². The van der Waals surface area contributed by atoms with Gasteiger partial charge in [-0.3, -0.25) is 4.79 Å². The van der Waals surface area contributed by atoms with Gasteiger partial charge >= 0.3 is 0 Å². The number of rotatable bonds is 6. The van der Waals surface area contributed by atoms with Gasteiger partial charge in [-0.1, -0.05) is 42.5 Å². The molecule has 0 spiro atoms. The van der Waals surface area contributed by atoms with E-state index >= 15 is 0 Å². The maximum Gasteiger partial charge on any atom is 0.244 e. The van der Waals surface area contributed by atoms with Gasteiger partial charge < -0.3 is 20.5 Å². The van der Waals surface area contributed by atoms with Gasteiger partial charge in [0.1, 0.15) is 11.3 Å². The molecule has 0 saturated carbocycles. The largest absolute Gasteiger partial charge is 0.497 e. The second-order valence-corrected chi connectivity index (χ2v) is 7.37. The predicted molar refractivity (Wildman–Crippen MR) is 106 cm³/mol. The minimum atomic E-state index is -1.08. The second kappa shape index (κ2) is 8.11. The number of ether oxygens (including phenoxy) is 2. The van der Waals surface area contributed by atoms with Crippen molar-refractivity contribution in [2.45, 2.75) is 30.7 Å². The van der Waals surface area contributed by atoms with E-state index in [2.05, 4.69) is 17.4 Å². The van der Waals surface area contributed by atoms with Crippen LogP contribution in [0.5, 0.6) is 5.75 Å². The first-order chi connectivity index (χ1) is 13.0.